The fourth-order valence-corrected chi connectivity index (χ4v) is 4.48. The monoisotopic (exact) mass is 392 g/mol. The predicted octanol–water partition coefficient (Wildman–Crippen LogP) is 1.98. The summed E-state index contributed by atoms with van der Waals surface area (Å²) < 4.78 is 23.2. The average molecular weight is 392 g/mol. The first-order valence-corrected chi connectivity index (χ1v) is 10.5. The van der Waals surface area contributed by atoms with Gasteiger partial charge in [0.1, 0.15) is 18.1 Å². The van der Waals surface area contributed by atoms with Crippen LogP contribution in [0.3, 0.4) is 0 Å². The summed E-state index contributed by atoms with van der Waals surface area (Å²) in [7, 11) is 0. The number of ether oxygens (including phenoxy) is 3. The van der Waals surface area contributed by atoms with E-state index in [9.17, 15) is 4.79 Å². The summed E-state index contributed by atoms with van der Waals surface area (Å²) in [4.78, 5) is 16.6. The van der Waals surface area contributed by atoms with Gasteiger partial charge in [0.2, 0.25) is 5.91 Å². The summed E-state index contributed by atoms with van der Waals surface area (Å²) in [5, 5.41) is 0. The third-order valence-electron chi connectivity index (χ3n) is 6.20. The molecule has 1 atom stereocenters. The van der Waals surface area contributed by atoms with Gasteiger partial charge in [-0.3, -0.25) is 9.69 Å². The van der Waals surface area contributed by atoms with Crippen LogP contribution in [0.15, 0.2) is 16.5 Å². The van der Waals surface area contributed by atoms with E-state index < -0.39 is 0 Å². The molecule has 0 radical (unpaired) electrons. The number of carbonyl (C=O) groups excluding carboxylic acids is 1. The Morgan fingerprint density at radius 1 is 1.18 bits per heavy atom. The van der Waals surface area contributed by atoms with E-state index in [4.69, 9.17) is 18.6 Å². The molecule has 1 amide bonds. The van der Waals surface area contributed by atoms with Crippen LogP contribution in [0, 0.1) is 6.92 Å². The maximum absolute atomic E-state index is 12.3. The number of carbonyl (C=O) groups is 1. The average Bonchev–Trinajstić information content (AvgIpc) is 3.14. The number of aryl methyl sites for hydroxylation is 1. The van der Waals surface area contributed by atoms with Crippen molar-refractivity contribution in [1.82, 2.24) is 9.80 Å². The van der Waals surface area contributed by atoms with Crippen LogP contribution in [-0.2, 0) is 25.5 Å². The molecule has 3 saturated heterocycles. The molecule has 1 spiro atoms. The summed E-state index contributed by atoms with van der Waals surface area (Å²) in [5.74, 6) is 2.07. The number of likely N-dealkylation sites (tertiary alicyclic amines) is 1. The van der Waals surface area contributed by atoms with Crippen LogP contribution in [0.5, 0.6) is 0 Å². The summed E-state index contributed by atoms with van der Waals surface area (Å²) in [6, 6.07) is 4.08. The van der Waals surface area contributed by atoms with Crippen molar-refractivity contribution in [2.45, 2.75) is 50.9 Å². The molecule has 0 bridgehead atoms. The fraction of sp³-hybridized carbons (Fsp3) is 0.762. The molecule has 7 nitrogen and oxygen atoms in total. The molecular formula is C21H32N2O5. The molecule has 3 fully saturated rings. The molecule has 3 aliphatic rings. The highest BCUT2D eigenvalue weighted by Crippen LogP contribution is 2.36. The van der Waals surface area contributed by atoms with Crippen LogP contribution in [0.1, 0.15) is 37.2 Å². The lowest BCUT2D eigenvalue weighted by Crippen LogP contribution is -2.51. The number of furan rings is 1. The first kappa shape index (κ1) is 19.9. The lowest BCUT2D eigenvalue weighted by Gasteiger charge is -2.46. The third-order valence-corrected chi connectivity index (χ3v) is 6.20. The molecule has 0 aliphatic carbocycles. The molecule has 0 aromatic carbocycles. The van der Waals surface area contributed by atoms with Gasteiger partial charge < -0.3 is 23.5 Å². The van der Waals surface area contributed by atoms with Crippen molar-refractivity contribution in [3.8, 4) is 0 Å². The number of hydrogen-bond acceptors (Lipinski definition) is 6. The standard InChI is InChI=1S/C21H32N2O5/c1-17-2-3-19(28-17)15-22-7-5-21(6-8-22)14-18(4-11-27-21)26-16-20(24)23-9-12-25-13-10-23/h2-3,18H,4-16H2,1H3. The Labute approximate surface area is 166 Å². The molecule has 1 aromatic heterocycles. The second kappa shape index (κ2) is 8.95. The molecular weight excluding hydrogens is 360 g/mol. The van der Waals surface area contributed by atoms with Crippen molar-refractivity contribution in [3.05, 3.63) is 23.7 Å². The van der Waals surface area contributed by atoms with Gasteiger partial charge in [0.15, 0.2) is 0 Å². The maximum atomic E-state index is 12.3. The molecule has 4 rings (SSSR count). The van der Waals surface area contributed by atoms with Crippen LogP contribution < -0.4 is 0 Å². The first-order valence-electron chi connectivity index (χ1n) is 10.5. The Bertz CT molecular complexity index is 647. The lowest BCUT2D eigenvalue weighted by atomic mass is 9.83. The predicted molar refractivity (Wildman–Crippen MR) is 103 cm³/mol. The summed E-state index contributed by atoms with van der Waals surface area (Å²) >= 11 is 0. The minimum Gasteiger partial charge on any atom is -0.465 e. The van der Waals surface area contributed by atoms with Gasteiger partial charge in [-0.15, -0.1) is 0 Å². The van der Waals surface area contributed by atoms with Crippen LogP contribution in [-0.4, -0.2) is 80.0 Å². The number of piperidine rings is 1. The number of nitrogens with zero attached hydrogens (tertiary/aromatic N) is 2. The molecule has 1 aromatic rings. The maximum Gasteiger partial charge on any atom is 0.248 e. The Morgan fingerprint density at radius 2 is 1.96 bits per heavy atom. The summed E-state index contributed by atoms with van der Waals surface area (Å²) in [6.45, 7) is 8.32. The van der Waals surface area contributed by atoms with Gasteiger partial charge in [-0.2, -0.15) is 0 Å². The van der Waals surface area contributed by atoms with Crippen molar-refractivity contribution in [2.24, 2.45) is 0 Å². The number of morpholine rings is 1. The van der Waals surface area contributed by atoms with Gasteiger partial charge in [0.05, 0.1) is 31.5 Å². The molecule has 28 heavy (non-hydrogen) atoms. The minimum absolute atomic E-state index is 0.0763. The first-order chi connectivity index (χ1) is 13.6. The van der Waals surface area contributed by atoms with Gasteiger partial charge in [0.25, 0.3) is 0 Å². The van der Waals surface area contributed by atoms with Crippen LogP contribution in [0.4, 0.5) is 0 Å². The van der Waals surface area contributed by atoms with Gasteiger partial charge in [0, 0.05) is 39.2 Å². The van der Waals surface area contributed by atoms with E-state index >= 15 is 0 Å². The highest BCUT2D eigenvalue weighted by atomic mass is 16.5. The molecule has 4 heterocycles. The molecule has 156 valence electrons. The fourth-order valence-electron chi connectivity index (χ4n) is 4.48. The summed E-state index contributed by atoms with van der Waals surface area (Å²) in [6.07, 6.45) is 3.87. The largest absolute Gasteiger partial charge is 0.465 e. The van der Waals surface area contributed by atoms with E-state index in [0.717, 1.165) is 56.8 Å². The van der Waals surface area contributed by atoms with E-state index in [1.54, 1.807) is 0 Å². The van der Waals surface area contributed by atoms with Crippen molar-refractivity contribution in [3.63, 3.8) is 0 Å². The van der Waals surface area contributed by atoms with E-state index in [2.05, 4.69) is 11.0 Å². The topological polar surface area (TPSA) is 64.4 Å². The van der Waals surface area contributed by atoms with E-state index in [1.807, 2.05) is 17.9 Å². The van der Waals surface area contributed by atoms with E-state index in [0.29, 0.717) is 32.9 Å². The van der Waals surface area contributed by atoms with Crippen molar-refractivity contribution in [2.75, 3.05) is 52.6 Å². The lowest BCUT2D eigenvalue weighted by molar-refractivity contribution is -0.165. The number of hydrogen-bond donors (Lipinski definition) is 0. The second-order valence-electron chi connectivity index (χ2n) is 8.24. The van der Waals surface area contributed by atoms with E-state index in [1.165, 1.54) is 0 Å². The van der Waals surface area contributed by atoms with Gasteiger partial charge in [-0.25, -0.2) is 0 Å². The zero-order chi connectivity index (χ0) is 19.4. The highest BCUT2D eigenvalue weighted by molar-refractivity contribution is 5.77. The molecule has 0 N–H and O–H groups in total. The van der Waals surface area contributed by atoms with Crippen molar-refractivity contribution in [1.29, 1.82) is 0 Å². The number of amides is 1. The molecule has 3 aliphatic heterocycles. The quantitative estimate of drug-likeness (QED) is 0.764. The van der Waals surface area contributed by atoms with E-state index in [-0.39, 0.29) is 24.2 Å². The van der Waals surface area contributed by atoms with Gasteiger partial charge in [-0.1, -0.05) is 0 Å². The number of rotatable bonds is 5. The Kier molecular flexibility index (Phi) is 6.35. The zero-order valence-corrected chi connectivity index (χ0v) is 16.9. The molecule has 1 unspecified atom stereocenters. The Hall–Kier alpha value is -1.41. The summed E-state index contributed by atoms with van der Waals surface area (Å²) in [5.41, 5.74) is -0.0967. The van der Waals surface area contributed by atoms with Crippen LogP contribution in [0.25, 0.3) is 0 Å². The second-order valence-corrected chi connectivity index (χ2v) is 8.24. The third kappa shape index (κ3) is 4.95. The normalized spacial score (nSPS) is 25.9. The Morgan fingerprint density at radius 3 is 2.68 bits per heavy atom. The minimum atomic E-state index is -0.0967. The van der Waals surface area contributed by atoms with Crippen molar-refractivity contribution < 1.29 is 23.4 Å². The molecule has 0 saturated carbocycles. The van der Waals surface area contributed by atoms with Crippen LogP contribution in [0.2, 0.25) is 0 Å². The SMILES string of the molecule is Cc1ccc(CN2CCC3(CC2)CC(OCC(=O)N2CCOCC2)CCO3)o1. The van der Waals surface area contributed by atoms with Crippen LogP contribution >= 0.6 is 0 Å². The smallest absolute Gasteiger partial charge is 0.248 e. The molecule has 7 heteroatoms. The Balaban J connectivity index is 1.22. The van der Waals surface area contributed by atoms with Gasteiger partial charge in [-0.05, 0) is 38.3 Å². The highest BCUT2D eigenvalue weighted by Gasteiger charge is 2.41. The van der Waals surface area contributed by atoms with Crippen molar-refractivity contribution >= 4 is 5.91 Å². The zero-order valence-electron chi connectivity index (χ0n) is 16.9. The van der Waals surface area contributed by atoms with Gasteiger partial charge >= 0.3 is 0 Å².